The fourth-order valence-electron chi connectivity index (χ4n) is 2.21. The molecule has 0 aliphatic heterocycles. The average molecular weight is 314 g/mol. The maximum Gasteiger partial charge on any atom is 2.00 e. The number of hydrogen-bond donors (Lipinski definition) is 0. The third-order valence-corrected chi connectivity index (χ3v) is 3.19. The zero-order valence-corrected chi connectivity index (χ0v) is 13.8. The van der Waals surface area contributed by atoms with Crippen molar-refractivity contribution >= 4 is 40.0 Å². The van der Waals surface area contributed by atoms with Crippen molar-refractivity contribution in [1.29, 1.82) is 0 Å². The van der Waals surface area contributed by atoms with Crippen LogP contribution in [0.2, 0.25) is 0 Å². The Kier molecular flexibility index (Phi) is 7.19. The molecule has 1 saturated carbocycles. The van der Waals surface area contributed by atoms with Crippen LogP contribution in [0.4, 0.5) is 0 Å². The van der Waals surface area contributed by atoms with Gasteiger partial charge in [0.25, 0.3) is 0 Å². The van der Waals surface area contributed by atoms with E-state index < -0.39 is 0 Å². The van der Waals surface area contributed by atoms with Gasteiger partial charge in [0.05, 0.1) is 0 Å². The molecule has 0 atom stereocenters. The summed E-state index contributed by atoms with van der Waals surface area (Å²) in [5, 5.41) is 0. The van der Waals surface area contributed by atoms with Crippen molar-refractivity contribution in [3.63, 3.8) is 0 Å². The monoisotopic (exact) mass is 312 g/mol. The quantitative estimate of drug-likeness (QED) is 0.575. The van der Waals surface area contributed by atoms with Gasteiger partial charge in [-0.25, -0.2) is 0 Å². The molecule has 0 bridgehead atoms. The minimum atomic E-state index is 0. The SMILES string of the molecule is Br.[CH3-].[Mg+2].c1ccc(C2(c3ccccc3)[CH-]C2)cc1. The molecule has 2 aromatic rings. The fraction of sp³-hybridized carbons (Fsp3) is 0.125. The summed E-state index contributed by atoms with van der Waals surface area (Å²) in [7, 11) is 0. The third-order valence-electron chi connectivity index (χ3n) is 3.19. The van der Waals surface area contributed by atoms with Gasteiger partial charge in [0.15, 0.2) is 0 Å². The molecule has 3 rings (SSSR count). The summed E-state index contributed by atoms with van der Waals surface area (Å²) < 4.78 is 0. The summed E-state index contributed by atoms with van der Waals surface area (Å²) in [5.41, 5.74) is 3.04. The number of benzene rings is 2. The molecule has 0 aromatic heterocycles. The predicted octanol–water partition coefficient (Wildman–Crippen LogP) is 4.23. The van der Waals surface area contributed by atoms with Gasteiger partial charge < -0.3 is 13.8 Å². The van der Waals surface area contributed by atoms with E-state index in [1.165, 1.54) is 17.5 Å². The zero-order chi connectivity index (χ0) is 10.1. The van der Waals surface area contributed by atoms with Gasteiger partial charge >= 0.3 is 23.1 Å². The average Bonchev–Trinajstić information content (AvgIpc) is 3.13. The molecule has 18 heavy (non-hydrogen) atoms. The van der Waals surface area contributed by atoms with Crippen LogP contribution in [0.5, 0.6) is 0 Å². The summed E-state index contributed by atoms with van der Waals surface area (Å²) in [6, 6.07) is 21.5. The standard InChI is InChI=1S/C15H13.CH3.BrH.Mg/c1-3-7-13(8-4-1)15(11-12-15)14-9-5-2-6-10-14;;;/h1-11H,12H2;1H3;1H;/q2*-1;;+2. The Morgan fingerprint density at radius 1 is 0.778 bits per heavy atom. The molecule has 1 aliphatic rings. The van der Waals surface area contributed by atoms with Crippen molar-refractivity contribution in [3.8, 4) is 0 Å². The Bertz CT molecular complexity index is 408. The van der Waals surface area contributed by atoms with E-state index in [9.17, 15) is 0 Å². The molecule has 0 unspecified atom stereocenters. The topological polar surface area (TPSA) is 0 Å². The van der Waals surface area contributed by atoms with E-state index in [0.29, 0.717) is 0 Å². The van der Waals surface area contributed by atoms with Crippen molar-refractivity contribution in [2.75, 3.05) is 0 Å². The first-order chi connectivity index (χ1) is 7.42. The van der Waals surface area contributed by atoms with Gasteiger partial charge in [-0.2, -0.15) is 6.42 Å². The molecule has 0 spiro atoms. The minimum absolute atomic E-state index is 0. The Hall–Kier alpha value is -0.314. The van der Waals surface area contributed by atoms with Crippen molar-refractivity contribution in [2.24, 2.45) is 0 Å². The smallest absolute Gasteiger partial charge is 0.358 e. The normalized spacial score (nSPS) is 14.4. The van der Waals surface area contributed by atoms with E-state index in [1.54, 1.807) is 0 Å². The molecule has 0 heterocycles. The van der Waals surface area contributed by atoms with E-state index in [0.717, 1.165) is 0 Å². The molecule has 0 amide bonds. The Labute approximate surface area is 137 Å². The number of halogens is 1. The maximum atomic E-state index is 2.39. The molecular weight excluding hydrogens is 296 g/mol. The molecule has 1 fully saturated rings. The predicted molar refractivity (Wildman–Crippen MR) is 85.1 cm³/mol. The van der Waals surface area contributed by atoms with Crippen LogP contribution in [-0.2, 0) is 5.41 Å². The summed E-state index contributed by atoms with van der Waals surface area (Å²) in [6.07, 6.45) is 3.55. The molecule has 0 N–H and O–H groups in total. The largest absolute Gasteiger partial charge is 2.00 e. The zero-order valence-electron chi connectivity index (χ0n) is 10.7. The van der Waals surface area contributed by atoms with Crippen molar-refractivity contribution in [2.45, 2.75) is 11.8 Å². The van der Waals surface area contributed by atoms with Crippen LogP contribution in [0, 0.1) is 13.8 Å². The molecule has 2 heteroatoms. The summed E-state index contributed by atoms with van der Waals surface area (Å²) in [5.74, 6) is 0. The Morgan fingerprint density at radius 2 is 1.11 bits per heavy atom. The molecule has 90 valence electrons. The molecule has 0 nitrogen and oxygen atoms in total. The van der Waals surface area contributed by atoms with Crippen LogP contribution in [0.15, 0.2) is 60.7 Å². The van der Waals surface area contributed by atoms with Gasteiger partial charge in [0, 0.05) is 0 Å². The first-order valence-corrected chi connectivity index (χ1v) is 5.37. The van der Waals surface area contributed by atoms with Crippen molar-refractivity contribution < 1.29 is 0 Å². The number of hydrogen-bond acceptors (Lipinski definition) is 0. The second-order valence-corrected chi connectivity index (χ2v) is 4.11. The Morgan fingerprint density at radius 3 is 1.39 bits per heavy atom. The second kappa shape index (κ2) is 7.32. The van der Waals surface area contributed by atoms with E-state index >= 15 is 0 Å². The first kappa shape index (κ1) is 17.7. The summed E-state index contributed by atoms with van der Waals surface area (Å²) in [6.45, 7) is 0. The first-order valence-electron chi connectivity index (χ1n) is 5.37. The van der Waals surface area contributed by atoms with Gasteiger partial charge in [0.2, 0.25) is 0 Å². The van der Waals surface area contributed by atoms with Gasteiger partial charge in [0.1, 0.15) is 0 Å². The molecule has 0 radical (unpaired) electrons. The van der Waals surface area contributed by atoms with Crippen LogP contribution in [0.1, 0.15) is 17.5 Å². The molecule has 1 aliphatic carbocycles. The van der Waals surface area contributed by atoms with Crippen LogP contribution in [-0.4, -0.2) is 23.1 Å². The molecule has 2 aromatic carbocycles. The summed E-state index contributed by atoms with van der Waals surface area (Å²) in [4.78, 5) is 0. The van der Waals surface area contributed by atoms with Crippen LogP contribution in [0.25, 0.3) is 0 Å². The van der Waals surface area contributed by atoms with Crippen LogP contribution < -0.4 is 0 Å². The van der Waals surface area contributed by atoms with E-state index in [1.807, 2.05) is 0 Å². The fourth-order valence-corrected chi connectivity index (χ4v) is 2.21. The van der Waals surface area contributed by atoms with Gasteiger partial charge in [-0.3, -0.25) is 0 Å². The van der Waals surface area contributed by atoms with E-state index in [2.05, 4.69) is 67.1 Å². The minimum Gasteiger partial charge on any atom is -0.358 e. The third kappa shape index (κ3) is 3.17. The van der Waals surface area contributed by atoms with Gasteiger partial charge in [-0.05, 0) is 0 Å². The van der Waals surface area contributed by atoms with E-state index in [4.69, 9.17) is 0 Å². The Balaban J connectivity index is 0.000000963. The van der Waals surface area contributed by atoms with E-state index in [-0.39, 0.29) is 52.9 Å². The van der Waals surface area contributed by atoms with Crippen molar-refractivity contribution in [1.82, 2.24) is 0 Å². The summed E-state index contributed by atoms with van der Waals surface area (Å²) >= 11 is 0. The van der Waals surface area contributed by atoms with Crippen LogP contribution in [0.3, 0.4) is 0 Å². The maximum absolute atomic E-state index is 2.39. The second-order valence-electron chi connectivity index (χ2n) is 4.11. The molecule has 0 saturated heterocycles. The van der Waals surface area contributed by atoms with Gasteiger partial charge in [-0.15, -0.1) is 22.4 Å². The van der Waals surface area contributed by atoms with Gasteiger partial charge in [-0.1, -0.05) is 71.8 Å². The van der Waals surface area contributed by atoms with Crippen molar-refractivity contribution in [3.05, 3.63) is 85.6 Å². The number of rotatable bonds is 2. The molecular formula is C16H17BrMg. The van der Waals surface area contributed by atoms with Crippen LogP contribution >= 0.6 is 17.0 Å².